The molecule has 0 heterocycles. The zero-order valence-corrected chi connectivity index (χ0v) is 9.31. The SMILES string of the molecule is C=Cc1ccccc1C(O)C(O)CBr. The molecule has 1 aromatic rings. The van der Waals surface area contributed by atoms with E-state index in [1.807, 2.05) is 18.2 Å². The number of rotatable bonds is 4. The number of aliphatic hydroxyl groups is 2. The van der Waals surface area contributed by atoms with E-state index in [4.69, 9.17) is 0 Å². The number of aliphatic hydroxyl groups excluding tert-OH is 2. The topological polar surface area (TPSA) is 40.5 Å². The quantitative estimate of drug-likeness (QED) is 0.811. The summed E-state index contributed by atoms with van der Waals surface area (Å²) < 4.78 is 0. The highest BCUT2D eigenvalue weighted by molar-refractivity contribution is 9.09. The Morgan fingerprint density at radius 1 is 1.36 bits per heavy atom. The second-order valence-electron chi connectivity index (χ2n) is 3.00. The van der Waals surface area contributed by atoms with E-state index in [0.717, 1.165) is 5.56 Å². The van der Waals surface area contributed by atoms with E-state index in [2.05, 4.69) is 22.5 Å². The Hall–Kier alpha value is -0.640. The predicted molar refractivity (Wildman–Crippen MR) is 61.3 cm³/mol. The fourth-order valence-corrected chi connectivity index (χ4v) is 1.61. The Labute approximate surface area is 92.0 Å². The lowest BCUT2D eigenvalue weighted by Crippen LogP contribution is -2.20. The van der Waals surface area contributed by atoms with Crippen molar-refractivity contribution in [1.82, 2.24) is 0 Å². The molecule has 3 heteroatoms. The van der Waals surface area contributed by atoms with Gasteiger partial charge >= 0.3 is 0 Å². The van der Waals surface area contributed by atoms with Gasteiger partial charge in [0.1, 0.15) is 6.10 Å². The molecule has 0 aliphatic carbocycles. The van der Waals surface area contributed by atoms with E-state index in [0.29, 0.717) is 10.9 Å². The molecule has 2 unspecified atom stereocenters. The third-order valence-electron chi connectivity index (χ3n) is 2.06. The van der Waals surface area contributed by atoms with E-state index in [1.54, 1.807) is 12.1 Å². The monoisotopic (exact) mass is 256 g/mol. The molecule has 0 saturated heterocycles. The minimum absolute atomic E-state index is 0.347. The van der Waals surface area contributed by atoms with Crippen molar-refractivity contribution in [2.75, 3.05) is 5.33 Å². The first-order valence-corrected chi connectivity index (χ1v) is 5.46. The van der Waals surface area contributed by atoms with Crippen molar-refractivity contribution in [3.05, 3.63) is 42.0 Å². The van der Waals surface area contributed by atoms with E-state index in [1.165, 1.54) is 0 Å². The van der Waals surface area contributed by atoms with Gasteiger partial charge in [0.2, 0.25) is 0 Å². The molecule has 1 aromatic carbocycles. The molecule has 76 valence electrons. The summed E-state index contributed by atoms with van der Waals surface area (Å²) in [7, 11) is 0. The third kappa shape index (κ3) is 2.44. The lowest BCUT2D eigenvalue weighted by molar-refractivity contribution is 0.0341. The van der Waals surface area contributed by atoms with Gasteiger partial charge in [-0.15, -0.1) is 0 Å². The normalized spacial score (nSPS) is 14.8. The molecule has 0 amide bonds. The zero-order chi connectivity index (χ0) is 10.6. The summed E-state index contributed by atoms with van der Waals surface area (Å²) in [6.07, 6.45) is -0.000792. The summed E-state index contributed by atoms with van der Waals surface area (Å²) in [5, 5.41) is 19.6. The fourth-order valence-electron chi connectivity index (χ4n) is 1.26. The Morgan fingerprint density at radius 2 is 2.00 bits per heavy atom. The fraction of sp³-hybridized carbons (Fsp3) is 0.273. The molecule has 0 aliphatic rings. The third-order valence-corrected chi connectivity index (χ3v) is 2.72. The van der Waals surface area contributed by atoms with Crippen LogP contribution in [0.4, 0.5) is 0 Å². The standard InChI is InChI=1S/C11H13BrO2/c1-2-8-5-3-4-6-9(8)11(14)10(13)7-12/h2-6,10-11,13-14H,1,7H2. The van der Waals surface area contributed by atoms with Gasteiger partial charge in [0.15, 0.2) is 0 Å². The minimum Gasteiger partial charge on any atom is -0.389 e. The maximum Gasteiger partial charge on any atom is 0.106 e. The number of alkyl halides is 1. The van der Waals surface area contributed by atoms with Gasteiger partial charge in [0, 0.05) is 5.33 Å². The summed E-state index contributed by atoms with van der Waals surface area (Å²) in [5.74, 6) is 0. The van der Waals surface area contributed by atoms with E-state index in [9.17, 15) is 10.2 Å². The Kier molecular flexibility index (Phi) is 4.32. The molecule has 0 radical (unpaired) electrons. The first-order valence-electron chi connectivity index (χ1n) is 4.34. The lowest BCUT2D eigenvalue weighted by Gasteiger charge is -2.17. The molecule has 0 fully saturated rings. The van der Waals surface area contributed by atoms with Crippen LogP contribution in [0.5, 0.6) is 0 Å². The van der Waals surface area contributed by atoms with Crippen LogP contribution in [-0.4, -0.2) is 21.6 Å². The Balaban J connectivity index is 2.99. The van der Waals surface area contributed by atoms with Gasteiger partial charge in [-0.2, -0.15) is 0 Å². The number of hydrogen-bond donors (Lipinski definition) is 2. The first-order chi connectivity index (χ1) is 6.70. The van der Waals surface area contributed by atoms with Crippen molar-refractivity contribution < 1.29 is 10.2 Å². The zero-order valence-electron chi connectivity index (χ0n) is 7.73. The van der Waals surface area contributed by atoms with Crippen LogP contribution >= 0.6 is 15.9 Å². The Morgan fingerprint density at radius 3 is 2.57 bits per heavy atom. The molecule has 2 atom stereocenters. The average Bonchev–Trinajstić information content (AvgIpc) is 2.26. The second-order valence-corrected chi connectivity index (χ2v) is 3.65. The highest BCUT2D eigenvalue weighted by Gasteiger charge is 2.18. The van der Waals surface area contributed by atoms with Crippen LogP contribution < -0.4 is 0 Å². The van der Waals surface area contributed by atoms with Gasteiger partial charge < -0.3 is 10.2 Å². The summed E-state index contributed by atoms with van der Waals surface area (Å²) in [5.41, 5.74) is 1.55. The molecule has 0 spiro atoms. The smallest absolute Gasteiger partial charge is 0.106 e. The van der Waals surface area contributed by atoms with Crippen molar-refractivity contribution in [3.63, 3.8) is 0 Å². The van der Waals surface area contributed by atoms with Gasteiger partial charge in [0.05, 0.1) is 6.10 Å². The maximum atomic E-state index is 9.77. The van der Waals surface area contributed by atoms with E-state index < -0.39 is 12.2 Å². The van der Waals surface area contributed by atoms with Crippen molar-refractivity contribution >= 4 is 22.0 Å². The molecular weight excluding hydrogens is 244 g/mol. The summed E-state index contributed by atoms with van der Waals surface area (Å²) in [6.45, 7) is 3.65. The van der Waals surface area contributed by atoms with E-state index in [-0.39, 0.29) is 0 Å². The highest BCUT2D eigenvalue weighted by Crippen LogP contribution is 2.22. The second kappa shape index (κ2) is 5.29. The van der Waals surface area contributed by atoms with Crippen LogP contribution in [0, 0.1) is 0 Å². The molecular formula is C11H13BrO2. The van der Waals surface area contributed by atoms with Crippen molar-refractivity contribution in [1.29, 1.82) is 0 Å². The summed E-state index contributed by atoms with van der Waals surface area (Å²) >= 11 is 3.12. The van der Waals surface area contributed by atoms with Gasteiger partial charge in [-0.1, -0.05) is 52.9 Å². The van der Waals surface area contributed by atoms with Crippen LogP contribution in [0.15, 0.2) is 30.8 Å². The van der Waals surface area contributed by atoms with Crippen molar-refractivity contribution in [2.45, 2.75) is 12.2 Å². The molecule has 0 aromatic heterocycles. The van der Waals surface area contributed by atoms with Gasteiger partial charge in [0.25, 0.3) is 0 Å². The maximum absolute atomic E-state index is 9.77. The average molecular weight is 257 g/mol. The van der Waals surface area contributed by atoms with Crippen molar-refractivity contribution in [2.24, 2.45) is 0 Å². The number of hydrogen-bond acceptors (Lipinski definition) is 2. The van der Waals surface area contributed by atoms with Crippen molar-refractivity contribution in [3.8, 4) is 0 Å². The van der Waals surface area contributed by atoms with Gasteiger partial charge in [-0.3, -0.25) is 0 Å². The van der Waals surface area contributed by atoms with Crippen LogP contribution in [-0.2, 0) is 0 Å². The molecule has 1 rings (SSSR count). The Bertz CT molecular complexity index is 312. The first kappa shape index (κ1) is 11.4. The molecule has 0 aliphatic heterocycles. The predicted octanol–water partition coefficient (Wildman–Crippen LogP) is 2.12. The minimum atomic E-state index is -0.872. The highest BCUT2D eigenvalue weighted by atomic mass is 79.9. The van der Waals surface area contributed by atoms with Crippen LogP contribution in [0.3, 0.4) is 0 Å². The molecule has 14 heavy (non-hydrogen) atoms. The summed E-state index contributed by atoms with van der Waals surface area (Å²) in [4.78, 5) is 0. The number of halogens is 1. The van der Waals surface area contributed by atoms with Gasteiger partial charge in [-0.05, 0) is 11.1 Å². The largest absolute Gasteiger partial charge is 0.389 e. The summed E-state index contributed by atoms with van der Waals surface area (Å²) in [6, 6.07) is 7.33. The molecule has 0 bridgehead atoms. The van der Waals surface area contributed by atoms with E-state index >= 15 is 0 Å². The lowest BCUT2D eigenvalue weighted by atomic mass is 9.99. The molecule has 2 N–H and O–H groups in total. The molecule has 0 saturated carbocycles. The number of benzene rings is 1. The van der Waals surface area contributed by atoms with Gasteiger partial charge in [-0.25, -0.2) is 0 Å². The van der Waals surface area contributed by atoms with Crippen LogP contribution in [0.2, 0.25) is 0 Å². The van der Waals surface area contributed by atoms with Crippen LogP contribution in [0.1, 0.15) is 17.2 Å². The van der Waals surface area contributed by atoms with Crippen LogP contribution in [0.25, 0.3) is 6.08 Å². The molecule has 2 nitrogen and oxygen atoms in total.